The van der Waals surface area contributed by atoms with Gasteiger partial charge in [0.15, 0.2) is 0 Å². The van der Waals surface area contributed by atoms with Gasteiger partial charge in [-0.05, 0) is 31.7 Å². The van der Waals surface area contributed by atoms with Crippen LogP contribution in [0.1, 0.15) is 30.3 Å². The van der Waals surface area contributed by atoms with Crippen LogP contribution in [-0.4, -0.2) is 59.1 Å². The molecule has 1 aromatic carbocycles. The SMILES string of the molecule is Cc1nnc([C@@H](C)Nc2ccc(CC(=O)N3CCN(C)CC3)cc2)o1. The summed E-state index contributed by atoms with van der Waals surface area (Å²) in [6.45, 7) is 7.27. The number of nitrogens with zero attached hydrogens (tertiary/aromatic N) is 4. The fraction of sp³-hybridized carbons (Fsp3) is 0.500. The zero-order chi connectivity index (χ0) is 17.8. The molecule has 2 aromatic rings. The van der Waals surface area contributed by atoms with Gasteiger partial charge in [-0.3, -0.25) is 4.79 Å². The molecular formula is C18H25N5O2. The van der Waals surface area contributed by atoms with E-state index in [4.69, 9.17) is 4.42 Å². The molecule has 1 fully saturated rings. The fourth-order valence-electron chi connectivity index (χ4n) is 2.86. The van der Waals surface area contributed by atoms with E-state index in [2.05, 4.69) is 27.5 Å². The highest BCUT2D eigenvalue weighted by Crippen LogP contribution is 2.19. The van der Waals surface area contributed by atoms with Crippen LogP contribution >= 0.6 is 0 Å². The van der Waals surface area contributed by atoms with Crippen LogP contribution in [0.4, 0.5) is 5.69 Å². The summed E-state index contributed by atoms with van der Waals surface area (Å²) in [5, 5.41) is 11.2. The van der Waals surface area contributed by atoms with Gasteiger partial charge in [-0.15, -0.1) is 10.2 Å². The monoisotopic (exact) mass is 343 g/mol. The lowest BCUT2D eigenvalue weighted by Crippen LogP contribution is -2.47. The minimum atomic E-state index is -0.0704. The highest BCUT2D eigenvalue weighted by Gasteiger charge is 2.19. The molecule has 7 heteroatoms. The summed E-state index contributed by atoms with van der Waals surface area (Å²) >= 11 is 0. The molecule has 1 aromatic heterocycles. The minimum Gasteiger partial charge on any atom is -0.423 e. The summed E-state index contributed by atoms with van der Waals surface area (Å²) in [5.74, 6) is 1.32. The molecule has 1 aliphatic heterocycles. The van der Waals surface area contributed by atoms with Crippen molar-refractivity contribution in [2.75, 3.05) is 38.5 Å². The first-order chi connectivity index (χ1) is 12.0. The van der Waals surface area contributed by atoms with Crippen molar-refractivity contribution in [3.63, 3.8) is 0 Å². The van der Waals surface area contributed by atoms with Crippen molar-refractivity contribution in [2.24, 2.45) is 0 Å². The Balaban J connectivity index is 1.54. The molecule has 0 aliphatic carbocycles. The highest BCUT2D eigenvalue weighted by molar-refractivity contribution is 5.79. The maximum Gasteiger partial charge on any atom is 0.238 e. The third-order valence-corrected chi connectivity index (χ3v) is 4.46. The first-order valence-corrected chi connectivity index (χ1v) is 8.63. The second-order valence-electron chi connectivity index (χ2n) is 6.58. The number of nitrogens with one attached hydrogen (secondary N) is 1. The lowest BCUT2D eigenvalue weighted by molar-refractivity contribution is -0.132. The molecule has 134 valence electrons. The Bertz CT molecular complexity index is 705. The molecular weight excluding hydrogens is 318 g/mol. The third kappa shape index (κ3) is 4.57. The number of amides is 1. The number of benzene rings is 1. The molecule has 3 rings (SSSR count). The van der Waals surface area contributed by atoms with Crippen molar-refractivity contribution < 1.29 is 9.21 Å². The lowest BCUT2D eigenvalue weighted by atomic mass is 10.1. The molecule has 1 aliphatic rings. The molecule has 0 bridgehead atoms. The van der Waals surface area contributed by atoms with Crippen molar-refractivity contribution in [1.29, 1.82) is 0 Å². The van der Waals surface area contributed by atoms with Gasteiger partial charge in [0, 0.05) is 38.8 Å². The molecule has 2 heterocycles. The quantitative estimate of drug-likeness (QED) is 0.893. The van der Waals surface area contributed by atoms with Gasteiger partial charge in [-0.25, -0.2) is 0 Å². The lowest BCUT2D eigenvalue weighted by Gasteiger charge is -2.32. The fourth-order valence-corrected chi connectivity index (χ4v) is 2.86. The Morgan fingerprint density at radius 2 is 1.88 bits per heavy atom. The van der Waals surface area contributed by atoms with Crippen molar-refractivity contribution >= 4 is 11.6 Å². The molecule has 1 atom stereocenters. The van der Waals surface area contributed by atoms with Crippen molar-refractivity contribution in [3.05, 3.63) is 41.6 Å². The minimum absolute atomic E-state index is 0.0704. The van der Waals surface area contributed by atoms with E-state index in [0.717, 1.165) is 37.4 Å². The maximum absolute atomic E-state index is 12.4. The number of hydrogen-bond acceptors (Lipinski definition) is 6. The van der Waals surface area contributed by atoms with E-state index >= 15 is 0 Å². The zero-order valence-corrected chi connectivity index (χ0v) is 15.0. The Morgan fingerprint density at radius 1 is 1.20 bits per heavy atom. The van der Waals surface area contributed by atoms with Gasteiger partial charge >= 0.3 is 0 Å². The van der Waals surface area contributed by atoms with E-state index in [0.29, 0.717) is 18.2 Å². The Kier molecular flexibility index (Phi) is 5.33. The predicted molar refractivity (Wildman–Crippen MR) is 95.3 cm³/mol. The summed E-state index contributed by atoms with van der Waals surface area (Å²) < 4.78 is 5.43. The first-order valence-electron chi connectivity index (χ1n) is 8.63. The van der Waals surface area contributed by atoms with E-state index in [1.54, 1.807) is 6.92 Å². The number of likely N-dealkylation sites (N-methyl/N-ethyl adjacent to an activating group) is 1. The van der Waals surface area contributed by atoms with Crippen LogP contribution in [0.15, 0.2) is 28.7 Å². The molecule has 0 saturated carbocycles. The van der Waals surface area contributed by atoms with E-state index < -0.39 is 0 Å². The van der Waals surface area contributed by atoms with Gasteiger partial charge in [0.2, 0.25) is 17.7 Å². The maximum atomic E-state index is 12.4. The van der Waals surface area contributed by atoms with Crippen LogP contribution in [0.5, 0.6) is 0 Å². The average Bonchev–Trinajstić information content (AvgIpc) is 3.04. The van der Waals surface area contributed by atoms with Crippen molar-refractivity contribution in [2.45, 2.75) is 26.3 Å². The van der Waals surface area contributed by atoms with Crippen LogP contribution in [0, 0.1) is 6.92 Å². The topological polar surface area (TPSA) is 74.5 Å². The zero-order valence-electron chi connectivity index (χ0n) is 15.0. The molecule has 25 heavy (non-hydrogen) atoms. The Labute approximate surface area is 148 Å². The summed E-state index contributed by atoms with van der Waals surface area (Å²) in [7, 11) is 2.09. The van der Waals surface area contributed by atoms with Gasteiger partial charge in [0.05, 0.1) is 6.42 Å². The standard InChI is InChI=1S/C18H25N5O2/c1-13(18-21-20-14(2)25-18)19-16-6-4-15(5-7-16)12-17(24)23-10-8-22(3)9-11-23/h4-7,13,19H,8-12H2,1-3H3/t13-/m1/s1. The number of aryl methyl sites for hydroxylation is 1. The molecule has 0 unspecified atom stereocenters. The number of piperazine rings is 1. The van der Waals surface area contributed by atoms with E-state index in [1.807, 2.05) is 36.1 Å². The number of carbonyl (C=O) groups is 1. The van der Waals surface area contributed by atoms with Crippen LogP contribution in [0.2, 0.25) is 0 Å². The van der Waals surface area contributed by atoms with Gasteiger partial charge in [0.1, 0.15) is 6.04 Å². The Hall–Kier alpha value is -2.41. The van der Waals surface area contributed by atoms with Crippen LogP contribution in [0.3, 0.4) is 0 Å². The van der Waals surface area contributed by atoms with Gasteiger partial charge in [0.25, 0.3) is 0 Å². The third-order valence-electron chi connectivity index (χ3n) is 4.46. The number of rotatable bonds is 5. The summed E-state index contributed by atoms with van der Waals surface area (Å²) in [6, 6.07) is 7.86. The second kappa shape index (κ2) is 7.65. The summed E-state index contributed by atoms with van der Waals surface area (Å²) in [6.07, 6.45) is 0.447. The van der Waals surface area contributed by atoms with Crippen molar-refractivity contribution in [3.8, 4) is 0 Å². The molecule has 0 spiro atoms. The normalized spacial score (nSPS) is 16.7. The smallest absolute Gasteiger partial charge is 0.238 e. The molecule has 7 nitrogen and oxygen atoms in total. The summed E-state index contributed by atoms with van der Waals surface area (Å²) in [5.41, 5.74) is 1.98. The first kappa shape index (κ1) is 17.4. The molecule has 0 radical (unpaired) electrons. The predicted octanol–water partition coefficient (Wildman–Crippen LogP) is 1.87. The van der Waals surface area contributed by atoms with Crippen molar-refractivity contribution in [1.82, 2.24) is 20.0 Å². The highest BCUT2D eigenvalue weighted by atomic mass is 16.4. The Morgan fingerprint density at radius 3 is 2.48 bits per heavy atom. The largest absolute Gasteiger partial charge is 0.423 e. The number of anilines is 1. The number of carbonyl (C=O) groups excluding carboxylic acids is 1. The van der Waals surface area contributed by atoms with E-state index in [1.165, 1.54) is 0 Å². The number of hydrogen-bond donors (Lipinski definition) is 1. The van der Waals surface area contributed by atoms with E-state index in [-0.39, 0.29) is 11.9 Å². The van der Waals surface area contributed by atoms with E-state index in [9.17, 15) is 4.79 Å². The second-order valence-corrected chi connectivity index (χ2v) is 6.58. The number of aromatic nitrogens is 2. The van der Waals surface area contributed by atoms with Crippen LogP contribution in [-0.2, 0) is 11.2 Å². The molecule has 1 saturated heterocycles. The van der Waals surface area contributed by atoms with Crippen LogP contribution < -0.4 is 5.32 Å². The van der Waals surface area contributed by atoms with Gasteiger partial charge in [-0.2, -0.15) is 0 Å². The molecule has 1 N–H and O–H groups in total. The van der Waals surface area contributed by atoms with Crippen LogP contribution in [0.25, 0.3) is 0 Å². The average molecular weight is 343 g/mol. The van der Waals surface area contributed by atoms with Gasteiger partial charge in [-0.1, -0.05) is 12.1 Å². The summed E-state index contributed by atoms with van der Waals surface area (Å²) in [4.78, 5) is 16.6. The van der Waals surface area contributed by atoms with Gasteiger partial charge < -0.3 is 19.5 Å². The molecule has 1 amide bonds.